The molecule has 0 heterocycles. The number of benzene rings is 2. The minimum absolute atomic E-state index is 0.387. The largest absolute Gasteiger partial charge is 0.336 e. The maximum atomic E-state index is 11.9. The Kier molecular flexibility index (Phi) is 4.20. The Morgan fingerprint density at radius 3 is 2.53 bits per heavy atom. The van der Waals surface area contributed by atoms with Crippen molar-refractivity contribution in [3.63, 3.8) is 0 Å². The number of urea groups is 1. The maximum Gasteiger partial charge on any atom is 0.336 e. The first-order valence-electron chi connectivity index (χ1n) is 5.52. The molecule has 0 aliphatic rings. The Morgan fingerprint density at radius 1 is 1.21 bits per heavy atom. The molecule has 0 fully saturated rings. The fraction of sp³-hybridized carbons (Fsp3) is 0. The predicted molar refractivity (Wildman–Crippen MR) is 77.6 cm³/mol. The van der Waals surface area contributed by atoms with Crippen molar-refractivity contribution in [1.29, 1.82) is 0 Å². The van der Waals surface area contributed by atoms with Crippen LogP contribution >= 0.6 is 12.8 Å². The molecular weight excluding hydrogens is 260 g/mol. The zero-order valence-corrected chi connectivity index (χ0v) is 10.8. The van der Waals surface area contributed by atoms with E-state index in [0.717, 1.165) is 4.31 Å². The van der Waals surface area contributed by atoms with E-state index in [1.165, 1.54) is 6.07 Å². The van der Waals surface area contributed by atoms with Gasteiger partial charge in [-0.05, 0) is 36.4 Å². The van der Waals surface area contributed by atoms with Gasteiger partial charge in [-0.15, -0.1) is 0 Å². The third-order valence-corrected chi connectivity index (χ3v) is 2.82. The van der Waals surface area contributed by atoms with Crippen LogP contribution in [-0.2, 0) is 0 Å². The number of anilines is 2. The van der Waals surface area contributed by atoms with E-state index in [-0.39, 0.29) is 6.03 Å². The number of hydrogen-bond donors (Lipinski definition) is 2. The molecule has 2 aromatic rings. The summed E-state index contributed by atoms with van der Waals surface area (Å²) < 4.78 is 1.15. The number of aldehydes is 1. The summed E-state index contributed by atoms with van der Waals surface area (Å²) in [5.41, 5.74) is 1.64. The van der Waals surface area contributed by atoms with Gasteiger partial charge in [0.1, 0.15) is 0 Å². The van der Waals surface area contributed by atoms with Gasteiger partial charge in [-0.1, -0.05) is 31.0 Å². The third kappa shape index (κ3) is 3.35. The van der Waals surface area contributed by atoms with Gasteiger partial charge in [0.15, 0.2) is 6.29 Å². The summed E-state index contributed by atoms with van der Waals surface area (Å²) in [5, 5.41) is 2.70. The molecule has 1 radical (unpaired) electrons. The lowest BCUT2D eigenvalue weighted by atomic mass is 10.2. The van der Waals surface area contributed by atoms with Crippen LogP contribution in [0, 0.1) is 6.07 Å². The molecule has 0 unspecified atom stereocenters. The van der Waals surface area contributed by atoms with Gasteiger partial charge >= 0.3 is 6.03 Å². The van der Waals surface area contributed by atoms with Crippen molar-refractivity contribution in [3.05, 3.63) is 60.2 Å². The SMILES string of the molecule is O=Cc1[c]cc(N(S)C(=O)Nc2ccccc2)cc1. The highest BCUT2D eigenvalue weighted by Gasteiger charge is 2.11. The lowest BCUT2D eigenvalue weighted by molar-refractivity contribution is 0.112. The summed E-state index contributed by atoms with van der Waals surface area (Å²) in [7, 11) is 0. The highest BCUT2D eigenvalue weighted by Crippen LogP contribution is 2.18. The summed E-state index contributed by atoms with van der Waals surface area (Å²) in [6.45, 7) is 0. The number of hydrogen-bond acceptors (Lipinski definition) is 3. The monoisotopic (exact) mass is 271 g/mol. The molecule has 0 spiro atoms. The number of para-hydroxylation sites is 1. The van der Waals surface area contributed by atoms with Crippen molar-refractivity contribution in [2.45, 2.75) is 0 Å². The van der Waals surface area contributed by atoms with Crippen LogP contribution in [0.4, 0.5) is 16.2 Å². The Bertz CT molecular complexity index is 570. The summed E-state index contributed by atoms with van der Waals surface area (Å²) >= 11 is 4.12. The van der Waals surface area contributed by atoms with Gasteiger partial charge in [0.05, 0.1) is 5.69 Å². The van der Waals surface area contributed by atoms with Crippen LogP contribution in [0.2, 0.25) is 0 Å². The third-order valence-electron chi connectivity index (χ3n) is 2.41. The van der Waals surface area contributed by atoms with E-state index < -0.39 is 0 Å². The highest BCUT2D eigenvalue weighted by atomic mass is 32.1. The van der Waals surface area contributed by atoms with E-state index in [1.807, 2.05) is 18.2 Å². The number of carbonyl (C=O) groups is 2. The topological polar surface area (TPSA) is 49.4 Å². The van der Waals surface area contributed by atoms with Crippen LogP contribution in [0.1, 0.15) is 10.4 Å². The van der Waals surface area contributed by atoms with E-state index in [1.54, 1.807) is 24.3 Å². The molecule has 2 aromatic carbocycles. The molecule has 0 saturated carbocycles. The minimum Gasteiger partial charge on any atom is -0.307 e. The smallest absolute Gasteiger partial charge is 0.307 e. The molecule has 2 amide bonds. The second-order valence-electron chi connectivity index (χ2n) is 3.73. The van der Waals surface area contributed by atoms with Crippen LogP contribution < -0.4 is 9.62 Å². The lowest BCUT2D eigenvalue weighted by Crippen LogP contribution is -2.26. The molecular formula is C14H11N2O2S. The van der Waals surface area contributed by atoms with Gasteiger partial charge < -0.3 is 5.32 Å². The second kappa shape index (κ2) is 6.06. The maximum absolute atomic E-state index is 11.9. The molecule has 0 bridgehead atoms. The summed E-state index contributed by atoms with van der Waals surface area (Å²) in [6, 6.07) is 16.2. The van der Waals surface area contributed by atoms with Crippen LogP contribution in [-0.4, -0.2) is 12.3 Å². The standard InChI is InChI=1S/C14H11N2O2S/c17-10-11-6-8-13(9-7-11)16(19)14(18)15-12-4-2-1-3-5-12/h1-6,8-10,19H,(H,15,18). The van der Waals surface area contributed by atoms with Gasteiger partial charge in [0.2, 0.25) is 0 Å². The van der Waals surface area contributed by atoms with Crippen LogP contribution in [0.3, 0.4) is 0 Å². The summed E-state index contributed by atoms with van der Waals surface area (Å²) in [6.07, 6.45) is 0.691. The Labute approximate surface area is 116 Å². The van der Waals surface area contributed by atoms with Crippen molar-refractivity contribution in [2.75, 3.05) is 9.62 Å². The molecule has 0 atom stereocenters. The van der Waals surface area contributed by atoms with E-state index in [4.69, 9.17) is 0 Å². The molecule has 1 N–H and O–H groups in total. The average Bonchev–Trinajstić information content (AvgIpc) is 2.47. The van der Waals surface area contributed by atoms with E-state index >= 15 is 0 Å². The average molecular weight is 271 g/mol. The van der Waals surface area contributed by atoms with Gasteiger partial charge in [-0.2, -0.15) is 0 Å². The molecule has 0 aromatic heterocycles. The number of nitrogens with one attached hydrogen (secondary N) is 1. The van der Waals surface area contributed by atoms with Crippen LogP contribution in [0.5, 0.6) is 0 Å². The highest BCUT2D eigenvalue weighted by molar-refractivity contribution is 7.82. The molecule has 0 aliphatic heterocycles. The van der Waals surface area contributed by atoms with Crippen molar-refractivity contribution in [3.8, 4) is 0 Å². The first-order valence-corrected chi connectivity index (χ1v) is 5.92. The Balaban J connectivity index is 2.08. The quantitative estimate of drug-likeness (QED) is 0.665. The second-order valence-corrected chi connectivity index (χ2v) is 4.13. The fourth-order valence-corrected chi connectivity index (χ4v) is 1.62. The summed E-state index contributed by atoms with van der Waals surface area (Å²) in [4.78, 5) is 22.4. The molecule has 0 aliphatic carbocycles. The molecule has 2 rings (SSSR count). The lowest BCUT2D eigenvalue weighted by Gasteiger charge is -2.16. The zero-order chi connectivity index (χ0) is 13.7. The number of thiol groups is 1. The first-order chi connectivity index (χ1) is 9.20. The van der Waals surface area contributed by atoms with Crippen molar-refractivity contribution in [2.24, 2.45) is 0 Å². The van der Waals surface area contributed by atoms with E-state index in [0.29, 0.717) is 23.2 Å². The Morgan fingerprint density at radius 2 is 1.95 bits per heavy atom. The molecule has 95 valence electrons. The van der Waals surface area contributed by atoms with Gasteiger partial charge in [0, 0.05) is 11.3 Å². The summed E-state index contributed by atoms with van der Waals surface area (Å²) in [5.74, 6) is 0. The normalized spacial score (nSPS) is 9.74. The van der Waals surface area contributed by atoms with Crippen molar-refractivity contribution >= 4 is 36.5 Å². The van der Waals surface area contributed by atoms with Crippen LogP contribution in [0.15, 0.2) is 48.5 Å². The van der Waals surface area contributed by atoms with Gasteiger partial charge in [-0.3, -0.25) is 4.79 Å². The minimum atomic E-state index is -0.387. The van der Waals surface area contributed by atoms with E-state index in [2.05, 4.69) is 24.2 Å². The molecule has 4 nitrogen and oxygen atoms in total. The van der Waals surface area contributed by atoms with Crippen molar-refractivity contribution in [1.82, 2.24) is 0 Å². The number of carbonyl (C=O) groups excluding carboxylic acids is 2. The Hall–Kier alpha value is -2.27. The molecule has 5 heteroatoms. The zero-order valence-electron chi connectivity index (χ0n) is 9.91. The number of nitrogens with zero attached hydrogens (tertiary/aromatic N) is 1. The van der Waals surface area contributed by atoms with E-state index in [9.17, 15) is 9.59 Å². The molecule has 19 heavy (non-hydrogen) atoms. The molecule has 0 saturated heterocycles. The number of amides is 2. The fourth-order valence-electron chi connectivity index (χ4n) is 1.45. The van der Waals surface area contributed by atoms with Crippen molar-refractivity contribution < 1.29 is 9.59 Å². The predicted octanol–water partition coefficient (Wildman–Crippen LogP) is 3.18. The number of rotatable bonds is 3. The van der Waals surface area contributed by atoms with Gasteiger partial charge in [0.25, 0.3) is 0 Å². The van der Waals surface area contributed by atoms with Gasteiger partial charge in [-0.25, -0.2) is 9.10 Å². The first kappa shape index (κ1) is 13.2. The van der Waals surface area contributed by atoms with Crippen LogP contribution in [0.25, 0.3) is 0 Å².